The number of nitrogens with one attached hydrogen (secondary N) is 1. The van der Waals surface area contributed by atoms with Crippen molar-refractivity contribution in [2.75, 3.05) is 19.6 Å². The van der Waals surface area contributed by atoms with Crippen LogP contribution in [0.4, 0.5) is 0 Å². The van der Waals surface area contributed by atoms with Gasteiger partial charge in [-0.1, -0.05) is 26.0 Å². The molecule has 2 heteroatoms. The Kier molecular flexibility index (Phi) is 4.42. The molecule has 0 amide bonds. The molecule has 2 nitrogen and oxygen atoms in total. The highest BCUT2D eigenvalue weighted by atomic mass is 15.1. The van der Waals surface area contributed by atoms with Gasteiger partial charge in [-0.25, -0.2) is 0 Å². The van der Waals surface area contributed by atoms with Gasteiger partial charge in [-0.15, -0.1) is 0 Å². The van der Waals surface area contributed by atoms with E-state index in [1.807, 2.05) is 0 Å². The predicted octanol–water partition coefficient (Wildman–Crippen LogP) is 2.42. The van der Waals surface area contributed by atoms with Gasteiger partial charge < -0.3 is 10.2 Å². The van der Waals surface area contributed by atoms with Crippen molar-refractivity contribution in [1.82, 2.24) is 10.2 Å². The van der Waals surface area contributed by atoms with Gasteiger partial charge in [0.2, 0.25) is 0 Å². The van der Waals surface area contributed by atoms with Crippen molar-refractivity contribution >= 4 is 0 Å². The minimum atomic E-state index is 0.741. The van der Waals surface area contributed by atoms with Crippen LogP contribution in [0.3, 0.4) is 0 Å². The average molecular weight is 222 g/mol. The Bertz CT molecular complexity index is 237. The summed E-state index contributed by atoms with van der Waals surface area (Å²) in [5.74, 6) is 0.805. The van der Waals surface area contributed by atoms with Crippen molar-refractivity contribution in [3.05, 3.63) is 12.2 Å². The summed E-state index contributed by atoms with van der Waals surface area (Å²) in [7, 11) is 0. The van der Waals surface area contributed by atoms with Crippen LogP contribution in [0, 0.1) is 5.92 Å². The van der Waals surface area contributed by atoms with Gasteiger partial charge in [0.05, 0.1) is 0 Å². The lowest BCUT2D eigenvalue weighted by atomic mass is 9.91. The van der Waals surface area contributed by atoms with Gasteiger partial charge in [0.15, 0.2) is 0 Å². The fourth-order valence-corrected chi connectivity index (χ4v) is 3.01. The van der Waals surface area contributed by atoms with Crippen LogP contribution in [-0.2, 0) is 0 Å². The molecular formula is C14H26N2. The van der Waals surface area contributed by atoms with Crippen LogP contribution in [0.2, 0.25) is 0 Å². The number of allylic oxidation sites excluding steroid dienone is 1. The van der Waals surface area contributed by atoms with Crippen molar-refractivity contribution in [3.63, 3.8) is 0 Å². The lowest BCUT2D eigenvalue weighted by Gasteiger charge is -2.39. The summed E-state index contributed by atoms with van der Waals surface area (Å²) in [5, 5.41) is 3.87. The molecule has 1 fully saturated rings. The predicted molar refractivity (Wildman–Crippen MR) is 69.6 cm³/mol. The number of hydrogen-bond donors (Lipinski definition) is 1. The van der Waals surface area contributed by atoms with Crippen LogP contribution in [0.1, 0.15) is 39.5 Å². The number of likely N-dealkylation sites (tertiary alicyclic amines) is 1. The smallest absolute Gasteiger partial charge is 0.0120 e. The summed E-state index contributed by atoms with van der Waals surface area (Å²) in [6, 6.07) is 1.49. The highest BCUT2D eigenvalue weighted by Gasteiger charge is 2.26. The minimum Gasteiger partial charge on any atom is -0.311 e. The van der Waals surface area contributed by atoms with Crippen LogP contribution < -0.4 is 5.32 Å². The van der Waals surface area contributed by atoms with Gasteiger partial charge in [0.1, 0.15) is 0 Å². The first kappa shape index (κ1) is 12.1. The second-order valence-electron chi connectivity index (χ2n) is 5.41. The quantitative estimate of drug-likeness (QED) is 0.738. The van der Waals surface area contributed by atoms with Crippen LogP contribution in [0.5, 0.6) is 0 Å². The molecule has 2 rings (SSSR count). The Morgan fingerprint density at radius 1 is 1.31 bits per heavy atom. The van der Waals surface area contributed by atoms with Crippen LogP contribution in [-0.4, -0.2) is 36.6 Å². The third-order valence-corrected chi connectivity index (χ3v) is 4.16. The van der Waals surface area contributed by atoms with Gasteiger partial charge in [-0.05, 0) is 44.7 Å². The Morgan fingerprint density at radius 2 is 2.19 bits per heavy atom. The van der Waals surface area contributed by atoms with Crippen LogP contribution in [0.15, 0.2) is 12.2 Å². The highest BCUT2D eigenvalue weighted by Crippen LogP contribution is 2.19. The molecule has 92 valence electrons. The molecule has 0 aromatic rings. The topological polar surface area (TPSA) is 15.3 Å². The van der Waals surface area contributed by atoms with Crippen molar-refractivity contribution in [1.29, 1.82) is 0 Å². The minimum absolute atomic E-state index is 0.741. The zero-order valence-corrected chi connectivity index (χ0v) is 10.8. The second kappa shape index (κ2) is 5.83. The van der Waals surface area contributed by atoms with Crippen LogP contribution >= 0.6 is 0 Å². The number of hydrogen-bond acceptors (Lipinski definition) is 2. The summed E-state index contributed by atoms with van der Waals surface area (Å²) in [6.07, 6.45) is 9.82. The zero-order valence-electron chi connectivity index (χ0n) is 10.8. The first-order valence-corrected chi connectivity index (χ1v) is 6.93. The molecule has 1 aliphatic heterocycles. The molecule has 3 unspecified atom stereocenters. The maximum atomic E-state index is 3.87. The average Bonchev–Trinajstić information content (AvgIpc) is 2.33. The first-order chi connectivity index (χ1) is 7.79. The maximum Gasteiger partial charge on any atom is 0.0120 e. The molecule has 0 spiro atoms. The third-order valence-electron chi connectivity index (χ3n) is 4.16. The standard InChI is InChI=1S/C14H26N2/c1-3-16-10-9-14(12(2)11-16)15-13-7-5-4-6-8-13/h4-5,12-15H,3,6-11H2,1-2H3. The summed E-state index contributed by atoms with van der Waals surface area (Å²) < 4.78 is 0. The van der Waals surface area contributed by atoms with E-state index in [9.17, 15) is 0 Å². The van der Waals surface area contributed by atoms with E-state index < -0.39 is 0 Å². The van der Waals surface area contributed by atoms with E-state index >= 15 is 0 Å². The third kappa shape index (κ3) is 3.08. The molecule has 0 aromatic heterocycles. The molecule has 2 aliphatic rings. The summed E-state index contributed by atoms with van der Waals surface area (Å²) in [5.41, 5.74) is 0. The van der Waals surface area contributed by atoms with E-state index in [4.69, 9.17) is 0 Å². The summed E-state index contributed by atoms with van der Waals surface area (Å²) in [6.45, 7) is 8.44. The van der Waals surface area contributed by atoms with E-state index in [-0.39, 0.29) is 0 Å². The Morgan fingerprint density at radius 3 is 2.81 bits per heavy atom. The van der Waals surface area contributed by atoms with Gasteiger partial charge in [0.25, 0.3) is 0 Å². The van der Waals surface area contributed by atoms with Crippen molar-refractivity contribution in [3.8, 4) is 0 Å². The van der Waals surface area contributed by atoms with E-state index in [1.165, 1.54) is 45.3 Å². The molecule has 3 atom stereocenters. The molecule has 0 radical (unpaired) electrons. The maximum absolute atomic E-state index is 3.87. The number of nitrogens with zero attached hydrogens (tertiary/aromatic N) is 1. The molecule has 1 heterocycles. The molecule has 1 aliphatic carbocycles. The van der Waals surface area contributed by atoms with E-state index in [0.29, 0.717) is 0 Å². The Hall–Kier alpha value is -0.340. The first-order valence-electron chi connectivity index (χ1n) is 6.93. The van der Waals surface area contributed by atoms with Gasteiger partial charge >= 0.3 is 0 Å². The highest BCUT2D eigenvalue weighted by molar-refractivity contribution is 4.95. The van der Waals surface area contributed by atoms with Gasteiger partial charge in [-0.3, -0.25) is 0 Å². The van der Waals surface area contributed by atoms with Gasteiger partial charge in [0, 0.05) is 18.6 Å². The SMILES string of the molecule is CCN1CCC(NC2CC=CCC2)C(C)C1. The number of piperidine rings is 1. The molecule has 0 saturated carbocycles. The van der Waals surface area contributed by atoms with Gasteiger partial charge in [-0.2, -0.15) is 0 Å². The van der Waals surface area contributed by atoms with Crippen molar-refractivity contribution < 1.29 is 0 Å². The van der Waals surface area contributed by atoms with Crippen molar-refractivity contribution in [2.45, 2.75) is 51.6 Å². The molecule has 1 N–H and O–H groups in total. The number of rotatable bonds is 3. The van der Waals surface area contributed by atoms with E-state index in [1.54, 1.807) is 0 Å². The molecular weight excluding hydrogens is 196 g/mol. The Balaban J connectivity index is 1.79. The lowest BCUT2D eigenvalue weighted by Crippen LogP contribution is -2.51. The fraction of sp³-hybridized carbons (Fsp3) is 0.857. The molecule has 1 saturated heterocycles. The largest absolute Gasteiger partial charge is 0.311 e. The second-order valence-corrected chi connectivity index (χ2v) is 5.41. The van der Waals surface area contributed by atoms with E-state index in [0.717, 1.165) is 18.0 Å². The normalized spacial score (nSPS) is 36.5. The molecule has 0 bridgehead atoms. The van der Waals surface area contributed by atoms with Crippen LogP contribution in [0.25, 0.3) is 0 Å². The van der Waals surface area contributed by atoms with Crippen molar-refractivity contribution in [2.24, 2.45) is 5.92 Å². The summed E-state index contributed by atoms with van der Waals surface area (Å²) in [4.78, 5) is 2.57. The molecule has 0 aromatic carbocycles. The molecule has 16 heavy (non-hydrogen) atoms. The monoisotopic (exact) mass is 222 g/mol. The zero-order chi connectivity index (χ0) is 11.4. The Labute approximate surface area is 100 Å². The fourth-order valence-electron chi connectivity index (χ4n) is 3.01. The summed E-state index contributed by atoms with van der Waals surface area (Å²) >= 11 is 0. The van der Waals surface area contributed by atoms with E-state index in [2.05, 4.69) is 36.2 Å². The lowest BCUT2D eigenvalue weighted by molar-refractivity contribution is 0.144.